The van der Waals surface area contributed by atoms with Crippen molar-refractivity contribution < 1.29 is 17.9 Å². The fourth-order valence-corrected chi connectivity index (χ4v) is 4.12. The first-order valence-corrected chi connectivity index (χ1v) is 9.50. The normalized spacial score (nSPS) is 21.0. The fourth-order valence-electron chi connectivity index (χ4n) is 4.12. The minimum absolute atomic E-state index is 0.0258. The summed E-state index contributed by atoms with van der Waals surface area (Å²) in [5, 5.41) is 1.03. The number of fused-ring (bicyclic) bond motifs is 1. The zero-order chi connectivity index (χ0) is 19.4. The minimum Gasteiger partial charge on any atom is -0.434 e. The van der Waals surface area contributed by atoms with E-state index in [9.17, 15) is 8.78 Å². The van der Waals surface area contributed by atoms with Crippen LogP contribution in [-0.2, 0) is 0 Å². The second-order valence-electron chi connectivity index (χ2n) is 7.10. The van der Waals surface area contributed by atoms with Gasteiger partial charge in [0.05, 0.1) is 0 Å². The predicted octanol–water partition coefficient (Wildman–Crippen LogP) is 7.46. The highest BCUT2D eigenvalue weighted by Crippen LogP contribution is 2.44. The molecule has 2 aromatic carbocycles. The van der Waals surface area contributed by atoms with Gasteiger partial charge in [-0.05, 0) is 74.4 Å². The Balaban J connectivity index is 2.04. The molecule has 1 aliphatic carbocycles. The van der Waals surface area contributed by atoms with E-state index >= 15 is 4.39 Å². The minimum atomic E-state index is -2.97. The van der Waals surface area contributed by atoms with E-state index in [1.807, 2.05) is 38.1 Å². The van der Waals surface area contributed by atoms with Crippen molar-refractivity contribution in [2.45, 2.75) is 52.1 Å². The Morgan fingerprint density at radius 3 is 2.41 bits per heavy atom. The van der Waals surface area contributed by atoms with Crippen molar-refractivity contribution in [1.29, 1.82) is 0 Å². The van der Waals surface area contributed by atoms with Gasteiger partial charge in [0, 0.05) is 10.9 Å². The van der Waals surface area contributed by atoms with Gasteiger partial charge in [-0.15, -0.1) is 0 Å². The standard InChI is InChI=1S/C23H25F3O/c1-3-5-15-7-10-17(11-8-15)21-20(27-23(25)26)14-18-13-16(6-4-2)9-12-19(18)22(21)24/h3-6,9,12-15,17,23H,7-8,10-11H2,1-2H3/b5-3+,6-4+. The molecule has 3 rings (SSSR count). The van der Waals surface area contributed by atoms with Gasteiger partial charge in [-0.1, -0.05) is 36.4 Å². The highest BCUT2D eigenvalue weighted by atomic mass is 19.3. The van der Waals surface area contributed by atoms with Crippen molar-refractivity contribution in [2.75, 3.05) is 0 Å². The third kappa shape index (κ3) is 4.37. The summed E-state index contributed by atoms with van der Waals surface area (Å²) >= 11 is 0. The molecule has 4 heteroatoms. The van der Waals surface area contributed by atoms with Gasteiger partial charge in [0.1, 0.15) is 11.6 Å². The molecule has 0 unspecified atom stereocenters. The number of rotatable bonds is 5. The van der Waals surface area contributed by atoms with E-state index in [2.05, 4.69) is 6.08 Å². The summed E-state index contributed by atoms with van der Waals surface area (Å²) in [6.07, 6.45) is 11.4. The summed E-state index contributed by atoms with van der Waals surface area (Å²) in [5.74, 6) is -0.0655. The third-order valence-corrected chi connectivity index (χ3v) is 5.32. The maximum absolute atomic E-state index is 15.4. The molecule has 1 nitrogen and oxygen atoms in total. The Morgan fingerprint density at radius 2 is 1.78 bits per heavy atom. The first-order valence-electron chi connectivity index (χ1n) is 9.50. The van der Waals surface area contributed by atoms with E-state index in [0.717, 1.165) is 31.2 Å². The summed E-state index contributed by atoms with van der Waals surface area (Å²) in [5.41, 5.74) is 1.20. The first kappa shape index (κ1) is 19.5. The van der Waals surface area contributed by atoms with E-state index in [0.29, 0.717) is 22.3 Å². The quantitative estimate of drug-likeness (QED) is 0.493. The van der Waals surface area contributed by atoms with Crippen LogP contribution in [0, 0.1) is 11.7 Å². The topological polar surface area (TPSA) is 9.23 Å². The lowest BCUT2D eigenvalue weighted by molar-refractivity contribution is -0.0508. The SMILES string of the molecule is C/C=C/c1ccc2c(F)c(C3CCC(/C=C/C)CC3)c(OC(F)F)cc2c1. The largest absolute Gasteiger partial charge is 0.434 e. The Hall–Kier alpha value is -2.23. The highest BCUT2D eigenvalue weighted by molar-refractivity contribution is 5.88. The van der Waals surface area contributed by atoms with Gasteiger partial charge in [0.25, 0.3) is 0 Å². The van der Waals surface area contributed by atoms with Gasteiger partial charge in [0.2, 0.25) is 0 Å². The van der Waals surface area contributed by atoms with Crippen LogP contribution in [0.2, 0.25) is 0 Å². The molecule has 0 aromatic heterocycles. The van der Waals surface area contributed by atoms with E-state index in [1.165, 1.54) is 0 Å². The number of hydrogen-bond acceptors (Lipinski definition) is 1. The highest BCUT2D eigenvalue weighted by Gasteiger charge is 2.28. The maximum Gasteiger partial charge on any atom is 0.387 e. The number of ether oxygens (including phenoxy) is 1. The number of hydrogen-bond donors (Lipinski definition) is 0. The molecule has 0 spiro atoms. The molecule has 144 valence electrons. The van der Waals surface area contributed by atoms with Crippen molar-refractivity contribution in [2.24, 2.45) is 5.92 Å². The van der Waals surface area contributed by atoms with Gasteiger partial charge in [0.15, 0.2) is 0 Å². The summed E-state index contributed by atoms with van der Waals surface area (Å²) < 4.78 is 46.1. The molecule has 2 aromatic rings. The Bertz CT molecular complexity index is 846. The van der Waals surface area contributed by atoms with Crippen LogP contribution in [0.15, 0.2) is 42.5 Å². The molecule has 1 saturated carbocycles. The van der Waals surface area contributed by atoms with Crippen LogP contribution in [0.1, 0.15) is 56.6 Å². The lowest BCUT2D eigenvalue weighted by Crippen LogP contribution is -2.15. The summed E-state index contributed by atoms with van der Waals surface area (Å²) in [7, 11) is 0. The zero-order valence-electron chi connectivity index (χ0n) is 15.7. The second kappa shape index (κ2) is 8.64. The molecule has 0 radical (unpaired) electrons. The van der Waals surface area contributed by atoms with Crippen LogP contribution in [0.4, 0.5) is 13.2 Å². The van der Waals surface area contributed by atoms with Gasteiger partial charge >= 0.3 is 6.61 Å². The molecule has 1 aliphatic rings. The van der Waals surface area contributed by atoms with Gasteiger partial charge in [-0.25, -0.2) is 4.39 Å². The lowest BCUT2D eigenvalue weighted by atomic mass is 9.77. The van der Waals surface area contributed by atoms with Crippen LogP contribution >= 0.6 is 0 Å². The van der Waals surface area contributed by atoms with E-state index < -0.39 is 12.4 Å². The van der Waals surface area contributed by atoms with E-state index in [1.54, 1.807) is 18.2 Å². The van der Waals surface area contributed by atoms with Crippen molar-refractivity contribution in [1.82, 2.24) is 0 Å². The zero-order valence-corrected chi connectivity index (χ0v) is 15.7. The summed E-state index contributed by atoms with van der Waals surface area (Å²) in [6.45, 7) is 0.910. The number of benzene rings is 2. The third-order valence-electron chi connectivity index (χ3n) is 5.32. The van der Waals surface area contributed by atoms with Crippen molar-refractivity contribution in [3.8, 4) is 5.75 Å². The van der Waals surface area contributed by atoms with Crippen LogP contribution < -0.4 is 4.74 Å². The first-order chi connectivity index (χ1) is 13.0. The van der Waals surface area contributed by atoms with Crippen molar-refractivity contribution >= 4 is 16.8 Å². The van der Waals surface area contributed by atoms with Crippen LogP contribution in [0.25, 0.3) is 16.8 Å². The molecule has 0 atom stereocenters. The lowest BCUT2D eigenvalue weighted by Gasteiger charge is -2.29. The molecule has 0 N–H and O–H groups in total. The van der Waals surface area contributed by atoms with Crippen molar-refractivity contribution in [3.05, 3.63) is 59.4 Å². The number of alkyl halides is 2. The average Bonchev–Trinajstić information content (AvgIpc) is 2.63. The molecule has 0 aliphatic heterocycles. The fraction of sp³-hybridized carbons (Fsp3) is 0.391. The predicted molar refractivity (Wildman–Crippen MR) is 105 cm³/mol. The average molecular weight is 374 g/mol. The number of halogens is 3. The van der Waals surface area contributed by atoms with E-state index in [-0.39, 0.29) is 11.7 Å². The van der Waals surface area contributed by atoms with Gasteiger partial charge in [-0.3, -0.25) is 0 Å². The van der Waals surface area contributed by atoms with Crippen molar-refractivity contribution in [3.63, 3.8) is 0 Å². The summed E-state index contributed by atoms with van der Waals surface area (Å²) in [4.78, 5) is 0. The Kier molecular flexibility index (Phi) is 6.25. The van der Waals surface area contributed by atoms with Gasteiger partial charge in [-0.2, -0.15) is 8.78 Å². The Morgan fingerprint density at radius 1 is 1.04 bits per heavy atom. The molecule has 27 heavy (non-hydrogen) atoms. The number of allylic oxidation sites excluding steroid dienone is 3. The molecule has 0 heterocycles. The van der Waals surface area contributed by atoms with Crippen LogP contribution in [-0.4, -0.2) is 6.61 Å². The molecular weight excluding hydrogens is 349 g/mol. The van der Waals surface area contributed by atoms with Gasteiger partial charge < -0.3 is 4.74 Å². The molecular formula is C23H25F3O. The molecule has 0 amide bonds. The van der Waals surface area contributed by atoms with Crippen LogP contribution in [0.5, 0.6) is 5.75 Å². The smallest absolute Gasteiger partial charge is 0.387 e. The summed E-state index contributed by atoms with van der Waals surface area (Å²) in [6, 6.07) is 6.92. The Labute approximate surface area is 158 Å². The molecule has 0 saturated heterocycles. The van der Waals surface area contributed by atoms with Crippen LogP contribution in [0.3, 0.4) is 0 Å². The molecule has 1 fully saturated rings. The monoisotopic (exact) mass is 374 g/mol. The molecule has 0 bridgehead atoms. The van der Waals surface area contributed by atoms with E-state index in [4.69, 9.17) is 4.74 Å². The second-order valence-corrected chi connectivity index (χ2v) is 7.10. The maximum atomic E-state index is 15.4.